The van der Waals surface area contributed by atoms with E-state index in [1.54, 1.807) is 0 Å². The van der Waals surface area contributed by atoms with Gasteiger partial charge >= 0.3 is 29.6 Å². The van der Waals surface area contributed by atoms with Crippen LogP contribution in [-0.2, 0) is 19.2 Å². The summed E-state index contributed by atoms with van der Waals surface area (Å²) in [6.07, 6.45) is 3.57. The molecule has 1 saturated heterocycles. The molecule has 32 heavy (non-hydrogen) atoms. The number of carbonyl (C=O) groups excluding carboxylic acids is 3. The first-order chi connectivity index (χ1) is 14.9. The second kappa shape index (κ2) is 10.5. The molecule has 0 aromatic carbocycles. The zero-order chi connectivity index (χ0) is 22.1. The van der Waals surface area contributed by atoms with Gasteiger partial charge < -0.3 is 30.9 Å². The number of nitrogens with zero attached hydrogens (tertiary/aromatic N) is 4. The van der Waals surface area contributed by atoms with Gasteiger partial charge in [-0.1, -0.05) is 5.16 Å². The second-order valence-corrected chi connectivity index (χ2v) is 9.06. The molecule has 3 heterocycles. The van der Waals surface area contributed by atoms with E-state index in [9.17, 15) is 24.6 Å². The van der Waals surface area contributed by atoms with Crippen molar-refractivity contribution in [2.75, 3.05) is 18.1 Å². The smallest absolute Gasteiger partial charge is 0.543 e. The molecule has 0 bridgehead atoms. The number of thioether (sulfide) groups is 1. The SMILES string of the molecule is Nc1nc(/C(=N/OC2CCCC2)C(=O)N[C@@H]2C(=O)N3C(C(=O)[O-])=C(CO)CS[C@H]23)ns1.[Na+]. The number of nitrogens with two attached hydrogens (primary N) is 1. The number of rotatable bonds is 7. The number of aliphatic hydroxyl groups is 1. The van der Waals surface area contributed by atoms with Crippen molar-refractivity contribution in [2.45, 2.75) is 43.2 Å². The van der Waals surface area contributed by atoms with Crippen LogP contribution in [0.4, 0.5) is 5.13 Å². The van der Waals surface area contributed by atoms with Gasteiger partial charge in [-0.2, -0.15) is 9.36 Å². The van der Waals surface area contributed by atoms with Crippen LogP contribution in [0.5, 0.6) is 0 Å². The minimum absolute atomic E-state index is 0. The van der Waals surface area contributed by atoms with Crippen LogP contribution in [0.2, 0.25) is 0 Å². The first-order valence-electron chi connectivity index (χ1n) is 9.53. The Bertz CT molecular complexity index is 978. The van der Waals surface area contributed by atoms with E-state index in [4.69, 9.17) is 10.6 Å². The number of aromatic nitrogens is 2. The molecule has 2 aliphatic heterocycles. The van der Waals surface area contributed by atoms with Crippen molar-refractivity contribution in [3.05, 3.63) is 17.1 Å². The number of β-lactam (4-membered cyclic amide) rings is 1. The molecule has 1 aromatic heterocycles. The van der Waals surface area contributed by atoms with E-state index in [1.807, 2.05) is 0 Å². The maximum atomic E-state index is 12.9. The third kappa shape index (κ3) is 4.79. The van der Waals surface area contributed by atoms with Crippen molar-refractivity contribution >= 4 is 51.9 Å². The molecule has 0 radical (unpaired) electrons. The molecule has 0 unspecified atom stereocenters. The summed E-state index contributed by atoms with van der Waals surface area (Å²) in [5.41, 5.74) is 5.25. The van der Waals surface area contributed by atoms with Crippen LogP contribution < -0.4 is 45.7 Å². The number of hydrogen-bond acceptors (Lipinski definition) is 12. The number of hydrogen-bond donors (Lipinski definition) is 3. The predicted octanol–water partition coefficient (Wildman–Crippen LogP) is -4.82. The number of carboxylic acid groups (broad SMARTS) is 1. The summed E-state index contributed by atoms with van der Waals surface area (Å²) in [6, 6.07) is -0.986. The normalized spacial score (nSPS) is 23.3. The molecule has 4 rings (SSSR count). The fourth-order valence-corrected chi connectivity index (χ4v) is 5.41. The zero-order valence-corrected chi connectivity index (χ0v) is 20.8. The Labute approximate surface area is 213 Å². The fourth-order valence-electron chi connectivity index (χ4n) is 3.64. The summed E-state index contributed by atoms with van der Waals surface area (Å²) in [7, 11) is 0. The predicted molar refractivity (Wildman–Crippen MR) is 108 cm³/mol. The summed E-state index contributed by atoms with van der Waals surface area (Å²) < 4.78 is 4.00. The van der Waals surface area contributed by atoms with Crippen LogP contribution in [0.3, 0.4) is 0 Å². The van der Waals surface area contributed by atoms with Crippen LogP contribution >= 0.6 is 23.3 Å². The van der Waals surface area contributed by atoms with Crippen LogP contribution in [0.25, 0.3) is 0 Å². The molecular formula is C17H19N6NaO6S2. The van der Waals surface area contributed by atoms with Crippen molar-refractivity contribution in [1.82, 2.24) is 19.6 Å². The standard InChI is InChI=1S/C17H20N6O6S2.Na/c18-17-20-12(22-31-17)9(21-29-8-3-1-2-4-8)13(25)19-10-14(26)23-11(16(27)28)7(5-24)6-30-15(10)23;/h8,10,15,24H,1-6H2,(H,19,25)(H,27,28)(H2,18,20,22);/q;+1/p-1/b21-9-;/t10-,15-;/m1./s1. The number of aliphatic carboxylic acids is 1. The average Bonchev–Trinajstić information content (AvgIpc) is 3.42. The number of anilines is 1. The van der Waals surface area contributed by atoms with Crippen molar-refractivity contribution < 1.29 is 59.0 Å². The van der Waals surface area contributed by atoms with Gasteiger partial charge in [0.05, 0.1) is 18.3 Å². The Balaban J connectivity index is 0.00000289. The fraction of sp³-hybridized carbons (Fsp3) is 0.529. The van der Waals surface area contributed by atoms with Gasteiger partial charge in [0.2, 0.25) is 11.5 Å². The number of carboxylic acids is 1. The molecule has 15 heteroatoms. The quantitative estimate of drug-likeness (QED) is 0.145. The molecule has 1 aromatic rings. The Hall–Kier alpha value is -1.71. The molecule has 3 aliphatic rings. The van der Waals surface area contributed by atoms with Gasteiger partial charge in [0.1, 0.15) is 17.5 Å². The Morgan fingerprint density at radius 2 is 2.09 bits per heavy atom. The summed E-state index contributed by atoms with van der Waals surface area (Å²) in [5, 5.41) is 26.8. The van der Waals surface area contributed by atoms with E-state index >= 15 is 0 Å². The van der Waals surface area contributed by atoms with Gasteiger partial charge in [0.15, 0.2) is 5.13 Å². The summed E-state index contributed by atoms with van der Waals surface area (Å²) in [4.78, 5) is 47.5. The van der Waals surface area contributed by atoms with Crippen molar-refractivity contribution in [3.8, 4) is 0 Å². The molecule has 2 fully saturated rings. The largest absolute Gasteiger partial charge is 1.00 e. The molecule has 12 nitrogen and oxygen atoms in total. The van der Waals surface area contributed by atoms with Gasteiger partial charge in [-0.15, -0.1) is 11.8 Å². The van der Waals surface area contributed by atoms with Crippen LogP contribution in [0, 0.1) is 0 Å². The van der Waals surface area contributed by atoms with E-state index < -0.39 is 35.8 Å². The number of fused-ring (bicyclic) bond motifs is 1. The monoisotopic (exact) mass is 490 g/mol. The van der Waals surface area contributed by atoms with Gasteiger partial charge in [-0.05, 0) is 31.3 Å². The number of carbonyl (C=O) groups is 3. The van der Waals surface area contributed by atoms with Crippen molar-refractivity contribution in [1.29, 1.82) is 0 Å². The minimum Gasteiger partial charge on any atom is -0.543 e. The maximum Gasteiger partial charge on any atom is 1.00 e. The minimum atomic E-state index is -1.55. The molecule has 1 saturated carbocycles. The van der Waals surface area contributed by atoms with E-state index in [-0.39, 0.29) is 69.4 Å². The first kappa shape index (κ1) is 24.9. The number of aliphatic hydroxyl groups excluding tert-OH is 1. The van der Waals surface area contributed by atoms with Gasteiger partial charge in [-0.25, -0.2) is 0 Å². The van der Waals surface area contributed by atoms with Crippen LogP contribution in [-0.4, -0.2) is 72.7 Å². The number of oxime groups is 1. The molecule has 4 N–H and O–H groups in total. The molecule has 1 aliphatic carbocycles. The van der Waals surface area contributed by atoms with Gasteiger partial charge in [0, 0.05) is 17.3 Å². The van der Waals surface area contributed by atoms with Crippen LogP contribution in [0.15, 0.2) is 16.4 Å². The number of nitrogens with one attached hydrogen (secondary N) is 1. The Morgan fingerprint density at radius 3 is 2.69 bits per heavy atom. The third-order valence-corrected chi connectivity index (χ3v) is 7.06. The Morgan fingerprint density at radius 1 is 1.38 bits per heavy atom. The summed E-state index contributed by atoms with van der Waals surface area (Å²) in [6.45, 7) is -0.504. The van der Waals surface area contributed by atoms with E-state index in [1.165, 1.54) is 11.8 Å². The molecule has 2 amide bonds. The maximum absolute atomic E-state index is 12.9. The van der Waals surface area contributed by atoms with Crippen LogP contribution in [0.1, 0.15) is 31.5 Å². The summed E-state index contributed by atoms with van der Waals surface area (Å²) in [5.74, 6) is -2.74. The number of amides is 2. The average molecular weight is 490 g/mol. The van der Waals surface area contributed by atoms with E-state index in [2.05, 4.69) is 19.8 Å². The number of nitrogen functional groups attached to an aromatic ring is 1. The molecule has 2 atom stereocenters. The van der Waals surface area contributed by atoms with E-state index in [0.717, 1.165) is 42.1 Å². The van der Waals surface area contributed by atoms with Crippen molar-refractivity contribution in [2.24, 2.45) is 5.16 Å². The van der Waals surface area contributed by atoms with Gasteiger partial charge in [-0.3, -0.25) is 14.5 Å². The molecular weight excluding hydrogens is 471 g/mol. The zero-order valence-electron chi connectivity index (χ0n) is 17.1. The third-order valence-electron chi connectivity index (χ3n) is 5.18. The van der Waals surface area contributed by atoms with E-state index in [0.29, 0.717) is 0 Å². The summed E-state index contributed by atoms with van der Waals surface area (Å²) >= 11 is 2.12. The second-order valence-electron chi connectivity index (χ2n) is 7.17. The Kier molecular flexibility index (Phi) is 8.16. The van der Waals surface area contributed by atoms with Gasteiger partial charge in [0.25, 0.3) is 11.8 Å². The topological polar surface area (TPSA) is 183 Å². The molecule has 166 valence electrons. The first-order valence-corrected chi connectivity index (χ1v) is 11.4. The van der Waals surface area contributed by atoms with Crippen molar-refractivity contribution in [3.63, 3.8) is 0 Å². The molecule has 0 spiro atoms.